The maximum absolute atomic E-state index is 12.9. The largest absolute Gasteiger partial charge is 0.316 e. The molecule has 1 aromatic carbocycles. The van der Waals surface area contributed by atoms with E-state index in [0.29, 0.717) is 16.5 Å². The fraction of sp³-hybridized carbons (Fsp3) is 0.625. The number of halogens is 1. The van der Waals surface area contributed by atoms with Gasteiger partial charge < -0.3 is 5.32 Å². The molecule has 1 fully saturated rings. The van der Waals surface area contributed by atoms with Crippen molar-refractivity contribution in [1.29, 1.82) is 0 Å². The minimum absolute atomic E-state index is 0.0221. The Morgan fingerprint density at radius 1 is 1.24 bits per heavy atom. The number of hydrogen-bond acceptors (Lipinski definition) is 3. The molecule has 0 spiro atoms. The zero-order valence-corrected chi connectivity index (χ0v) is 14.4. The van der Waals surface area contributed by atoms with Crippen LogP contribution in [0.2, 0.25) is 5.02 Å². The third-order valence-electron chi connectivity index (χ3n) is 4.49. The van der Waals surface area contributed by atoms with E-state index in [-0.39, 0.29) is 23.0 Å². The van der Waals surface area contributed by atoms with Crippen molar-refractivity contribution in [2.45, 2.75) is 43.7 Å². The van der Waals surface area contributed by atoms with Gasteiger partial charge in [0, 0.05) is 11.1 Å². The second-order valence-corrected chi connectivity index (χ2v) is 8.88. The summed E-state index contributed by atoms with van der Waals surface area (Å²) in [5.74, 6) is 0.747. The fourth-order valence-electron chi connectivity index (χ4n) is 3.64. The van der Waals surface area contributed by atoms with E-state index in [1.165, 1.54) is 0 Å². The van der Waals surface area contributed by atoms with Crippen LogP contribution < -0.4 is 5.32 Å². The van der Waals surface area contributed by atoms with Gasteiger partial charge in [0.15, 0.2) is 9.84 Å². The predicted molar refractivity (Wildman–Crippen MR) is 88.3 cm³/mol. The lowest BCUT2D eigenvalue weighted by Gasteiger charge is -2.39. The minimum atomic E-state index is -3.24. The molecule has 0 bridgehead atoms. The first-order valence-electron chi connectivity index (χ1n) is 7.47. The number of hydrogen-bond donors (Lipinski definition) is 1. The number of nitrogens with one attached hydrogen (secondary N) is 1. The Hall–Kier alpha value is -0.580. The molecule has 118 valence electrons. The standard InChI is InChI=1S/C16H24ClNO2S/c1-11-8-12(2)16(15(9-11)18-3)21(19,20)10-13-6-4-5-7-14(13)17/h4-7,11-12,15-16,18H,8-10H2,1-3H3. The lowest BCUT2D eigenvalue weighted by atomic mass is 9.80. The van der Waals surface area contributed by atoms with E-state index >= 15 is 0 Å². The molecule has 0 saturated heterocycles. The molecule has 1 N–H and O–H groups in total. The Bertz CT molecular complexity index is 588. The van der Waals surface area contributed by atoms with Gasteiger partial charge in [-0.2, -0.15) is 0 Å². The van der Waals surface area contributed by atoms with Crippen LogP contribution in [0.25, 0.3) is 0 Å². The van der Waals surface area contributed by atoms with Gasteiger partial charge in [-0.3, -0.25) is 0 Å². The van der Waals surface area contributed by atoms with Crippen molar-refractivity contribution in [3.63, 3.8) is 0 Å². The fourth-order valence-corrected chi connectivity index (χ4v) is 6.37. The SMILES string of the molecule is CNC1CC(C)CC(C)C1S(=O)(=O)Cc1ccccc1Cl. The Morgan fingerprint density at radius 3 is 2.52 bits per heavy atom. The molecule has 1 saturated carbocycles. The monoisotopic (exact) mass is 329 g/mol. The Labute approximate surface area is 133 Å². The molecule has 5 heteroatoms. The van der Waals surface area contributed by atoms with Crippen molar-refractivity contribution in [3.8, 4) is 0 Å². The van der Waals surface area contributed by atoms with Gasteiger partial charge in [0.2, 0.25) is 0 Å². The molecule has 1 aliphatic carbocycles. The maximum Gasteiger partial charge on any atom is 0.159 e. The van der Waals surface area contributed by atoms with Crippen LogP contribution in [0.4, 0.5) is 0 Å². The molecular formula is C16H24ClNO2S. The Kier molecular flexibility index (Phi) is 5.33. The minimum Gasteiger partial charge on any atom is -0.316 e. The summed E-state index contributed by atoms with van der Waals surface area (Å²) >= 11 is 6.12. The number of benzene rings is 1. The van der Waals surface area contributed by atoms with Crippen molar-refractivity contribution in [2.24, 2.45) is 11.8 Å². The lowest BCUT2D eigenvalue weighted by molar-refractivity contribution is 0.249. The summed E-state index contributed by atoms with van der Waals surface area (Å²) in [5.41, 5.74) is 0.694. The van der Waals surface area contributed by atoms with Crippen LogP contribution in [0.3, 0.4) is 0 Å². The van der Waals surface area contributed by atoms with Crippen molar-refractivity contribution >= 4 is 21.4 Å². The van der Waals surface area contributed by atoms with Crippen LogP contribution in [-0.2, 0) is 15.6 Å². The average Bonchev–Trinajstić information content (AvgIpc) is 2.39. The summed E-state index contributed by atoms with van der Waals surface area (Å²) in [6, 6.07) is 7.22. The zero-order chi connectivity index (χ0) is 15.6. The van der Waals surface area contributed by atoms with Crippen LogP contribution in [0.5, 0.6) is 0 Å². The predicted octanol–water partition coefficient (Wildman–Crippen LogP) is 3.28. The van der Waals surface area contributed by atoms with E-state index in [9.17, 15) is 8.42 Å². The van der Waals surface area contributed by atoms with Gasteiger partial charge in [-0.25, -0.2) is 8.42 Å². The summed E-state index contributed by atoms with van der Waals surface area (Å²) in [5, 5.41) is 3.40. The zero-order valence-electron chi connectivity index (χ0n) is 12.8. The van der Waals surface area contributed by atoms with Gasteiger partial charge >= 0.3 is 0 Å². The van der Waals surface area contributed by atoms with Crippen LogP contribution in [0.15, 0.2) is 24.3 Å². The second kappa shape index (κ2) is 6.67. The van der Waals surface area contributed by atoms with Crippen molar-refractivity contribution in [2.75, 3.05) is 7.05 Å². The third-order valence-corrected chi connectivity index (χ3v) is 7.19. The van der Waals surface area contributed by atoms with E-state index in [2.05, 4.69) is 19.2 Å². The average molecular weight is 330 g/mol. The highest BCUT2D eigenvalue weighted by molar-refractivity contribution is 7.91. The number of rotatable bonds is 4. The third kappa shape index (κ3) is 3.79. The normalized spacial score (nSPS) is 30.3. The van der Waals surface area contributed by atoms with E-state index in [0.717, 1.165) is 12.8 Å². The first kappa shape index (κ1) is 16.8. The van der Waals surface area contributed by atoms with Gasteiger partial charge in [0.25, 0.3) is 0 Å². The van der Waals surface area contributed by atoms with E-state index < -0.39 is 9.84 Å². The first-order valence-corrected chi connectivity index (χ1v) is 9.56. The van der Waals surface area contributed by atoms with Crippen LogP contribution in [0, 0.1) is 11.8 Å². The van der Waals surface area contributed by atoms with Crippen molar-refractivity contribution < 1.29 is 8.42 Å². The highest BCUT2D eigenvalue weighted by Gasteiger charge is 2.41. The molecule has 0 amide bonds. The van der Waals surface area contributed by atoms with Crippen molar-refractivity contribution in [1.82, 2.24) is 5.32 Å². The highest BCUT2D eigenvalue weighted by Crippen LogP contribution is 2.35. The molecule has 0 aliphatic heterocycles. The summed E-state index contributed by atoms with van der Waals surface area (Å²) in [6.45, 7) is 4.24. The van der Waals surface area contributed by atoms with E-state index in [1.807, 2.05) is 19.2 Å². The first-order chi connectivity index (χ1) is 9.85. The van der Waals surface area contributed by atoms with E-state index in [4.69, 9.17) is 11.6 Å². The Morgan fingerprint density at radius 2 is 1.90 bits per heavy atom. The van der Waals surface area contributed by atoms with Gasteiger partial charge in [0.1, 0.15) is 0 Å². The lowest BCUT2D eigenvalue weighted by Crippen LogP contribution is -2.51. The van der Waals surface area contributed by atoms with E-state index in [1.54, 1.807) is 12.1 Å². The number of sulfone groups is 1. The van der Waals surface area contributed by atoms with Crippen molar-refractivity contribution in [3.05, 3.63) is 34.9 Å². The van der Waals surface area contributed by atoms with Gasteiger partial charge in [-0.15, -0.1) is 0 Å². The van der Waals surface area contributed by atoms with Gasteiger partial charge in [-0.1, -0.05) is 43.6 Å². The second-order valence-electron chi connectivity index (χ2n) is 6.31. The molecule has 0 radical (unpaired) electrons. The quantitative estimate of drug-likeness (QED) is 0.922. The molecule has 2 rings (SSSR count). The summed E-state index contributed by atoms with van der Waals surface area (Å²) in [6.07, 6.45) is 1.87. The van der Waals surface area contributed by atoms with Gasteiger partial charge in [0.05, 0.1) is 11.0 Å². The molecule has 4 atom stereocenters. The Balaban J connectivity index is 2.27. The molecule has 0 aromatic heterocycles. The molecule has 4 unspecified atom stereocenters. The highest BCUT2D eigenvalue weighted by atomic mass is 35.5. The smallest absolute Gasteiger partial charge is 0.159 e. The molecule has 1 aliphatic rings. The molecular weight excluding hydrogens is 306 g/mol. The van der Waals surface area contributed by atoms with Gasteiger partial charge in [-0.05, 0) is 43.4 Å². The van der Waals surface area contributed by atoms with Crippen LogP contribution in [0.1, 0.15) is 32.3 Å². The molecule has 1 aromatic rings. The molecule has 3 nitrogen and oxygen atoms in total. The summed E-state index contributed by atoms with van der Waals surface area (Å²) in [4.78, 5) is 0. The van der Waals surface area contributed by atoms with Crippen LogP contribution in [-0.4, -0.2) is 26.8 Å². The summed E-state index contributed by atoms with van der Waals surface area (Å²) in [7, 11) is -1.39. The van der Waals surface area contributed by atoms with Crippen LogP contribution >= 0.6 is 11.6 Å². The topological polar surface area (TPSA) is 46.2 Å². The molecule has 0 heterocycles. The summed E-state index contributed by atoms with van der Waals surface area (Å²) < 4.78 is 25.8. The molecule has 21 heavy (non-hydrogen) atoms. The maximum atomic E-state index is 12.9.